The van der Waals surface area contributed by atoms with E-state index < -0.39 is 17.6 Å². The van der Waals surface area contributed by atoms with Gasteiger partial charge in [-0.1, -0.05) is 0 Å². The molecule has 0 aliphatic carbocycles. The molecule has 2 heterocycles. The van der Waals surface area contributed by atoms with Crippen molar-refractivity contribution in [2.24, 2.45) is 0 Å². The van der Waals surface area contributed by atoms with Crippen molar-refractivity contribution in [2.45, 2.75) is 19.1 Å². The van der Waals surface area contributed by atoms with E-state index in [4.69, 9.17) is 4.42 Å². The second-order valence-electron chi connectivity index (χ2n) is 5.52. The molecule has 0 aliphatic rings. The summed E-state index contributed by atoms with van der Waals surface area (Å²) in [5.74, 6) is -0.320. The highest BCUT2D eigenvalue weighted by Crippen LogP contribution is 2.30. The van der Waals surface area contributed by atoms with Gasteiger partial charge >= 0.3 is 6.18 Å². The van der Waals surface area contributed by atoms with E-state index in [9.17, 15) is 18.0 Å². The van der Waals surface area contributed by atoms with Gasteiger partial charge in [0.15, 0.2) is 5.69 Å². The van der Waals surface area contributed by atoms with Gasteiger partial charge in [0, 0.05) is 31.0 Å². The monoisotopic (exact) mass is 364 g/mol. The lowest BCUT2D eigenvalue weighted by atomic mass is 10.1. The average Bonchev–Trinajstić information content (AvgIpc) is 3.29. The van der Waals surface area contributed by atoms with Crippen LogP contribution in [0, 0.1) is 0 Å². The van der Waals surface area contributed by atoms with Gasteiger partial charge in [0.25, 0.3) is 5.91 Å². The summed E-state index contributed by atoms with van der Waals surface area (Å²) in [5.41, 5.74) is -0.330. The Balaban J connectivity index is 1.55. The molecular formula is C17H15F3N4O2. The minimum absolute atomic E-state index is 0.0718. The van der Waals surface area contributed by atoms with Crippen LogP contribution in [0.25, 0.3) is 11.5 Å². The van der Waals surface area contributed by atoms with Gasteiger partial charge in [0.05, 0.1) is 11.9 Å². The molecule has 0 saturated carbocycles. The van der Waals surface area contributed by atoms with Crippen molar-refractivity contribution in [3.63, 3.8) is 0 Å². The predicted molar refractivity (Wildman–Crippen MR) is 86.1 cm³/mol. The summed E-state index contributed by atoms with van der Waals surface area (Å²) in [4.78, 5) is 20.0. The normalized spacial score (nSPS) is 11.5. The van der Waals surface area contributed by atoms with Crippen LogP contribution < -0.4 is 5.32 Å². The molecule has 136 valence electrons. The minimum atomic E-state index is -4.41. The summed E-state index contributed by atoms with van der Waals surface area (Å²) in [6.45, 7) is 1.16. The highest BCUT2D eigenvalue weighted by molar-refractivity contribution is 5.92. The summed E-state index contributed by atoms with van der Waals surface area (Å²) in [6.07, 6.45) is 2.68. The van der Waals surface area contributed by atoms with Gasteiger partial charge in [0.2, 0.25) is 5.89 Å². The van der Waals surface area contributed by atoms with E-state index in [-0.39, 0.29) is 11.6 Å². The first-order chi connectivity index (χ1) is 12.4. The fourth-order valence-electron chi connectivity index (χ4n) is 2.29. The standard InChI is InChI=1S/C17H15F3N4O2/c18-17(19,20)13-4-2-12(3-5-13)16-23-14(10-26-16)15(25)22-6-1-8-24-9-7-21-11-24/h2-5,7,9-11H,1,6,8H2,(H,22,25). The van der Waals surface area contributed by atoms with Crippen LogP contribution in [0.4, 0.5) is 13.2 Å². The number of amides is 1. The van der Waals surface area contributed by atoms with E-state index in [1.807, 2.05) is 10.8 Å². The van der Waals surface area contributed by atoms with Crippen molar-refractivity contribution >= 4 is 5.91 Å². The van der Waals surface area contributed by atoms with Gasteiger partial charge in [-0.15, -0.1) is 0 Å². The van der Waals surface area contributed by atoms with E-state index in [0.29, 0.717) is 18.5 Å². The van der Waals surface area contributed by atoms with Crippen LogP contribution in [-0.4, -0.2) is 27.0 Å². The number of aryl methyl sites for hydroxylation is 1. The summed E-state index contributed by atoms with van der Waals surface area (Å²) in [5, 5.41) is 2.71. The molecule has 0 aliphatic heterocycles. The third-order valence-corrected chi connectivity index (χ3v) is 3.63. The number of rotatable bonds is 6. The van der Waals surface area contributed by atoms with Gasteiger partial charge in [-0.2, -0.15) is 13.2 Å². The molecule has 1 N–H and O–H groups in total. The summed E-state index contributed by atoms with van der Waals surface area (Å²) < 4.78 is 44.8. The Bertz CT molecular complexity index is 855. The van der Waals surface area contributed by atoms with Crippen LogP contribution in [0.1, 0.15) is 22.5 Å². The van der Waals surface area contributed by atoms with E-state index >= 15 is 0 Å². The van der Waals surface area contributed by atoms with Crippen molar-refractivity contribution in [3.05, 3.63) is 60.5 Å². The number of hydrogen-bond donors (Lipinski definition) is 1. The Morgan fingerprint density at radius 2 is 2.00 bits per heavy atom. The molecule has 3 aromatic rings. The fraction of sp³-hybridized carbons (Fsp3) is 0.235. The lowest BCUT2D eigenvalue weighted by molar-refractivity contribution is -0.137. The summed E-state index contributed by atoms with van der Waals surface area (Å²) in [7, 11) is 0. The van der Waals surface area contributed by atoms with E-state index in [1.54, 1.807) is 12.5 Å². The highest BCUT2D eigenvalue weighted by atomic mass is 19.4. The number of halogens is 3. The maximum absolute atomic E-state index is 12.6. The number of carbonyl (C=O) groups is 1. The Morgan fingerprint density at radius 1 is 1.23 bits per heavy atom. The number of nitrogens with zero attached hydrogens (tertiary/aromatic N) is 3. The van der Waals surface area contributed by atoms with Crippen molar-refractivity contribution in [2.75, 3.05) is 6.54 Å². The Kier molecular flexibility index (Phi) is 5.06. The van der Waals surface area contributed by atoms with E-state index in [1.165, 1.54) is 18.4 Å². The molecule has 0 spiro atoms. The molecule has 0 radical (unpaired) electrons. The zero-order valence-electron chi connectivity index (χ0n) is 13.5. The number of carbonyl (C=O) groups excluding carboxylic acids is 1. The fourth-order valence-corrected chi connectivity index (χ4v) is 2.29. The maximum atomic E-state index is 12.6. The van der Waals surface area contributed by atoms with Crippen LogP contribution in [0.5, 0.6) is 0 Å². The molecule has 1 amide bonds. The van der Waals surface area contributed by atoms with Crippen LogP contribution in [0.2, 0.25) is 0 Å². The molecule has 6 nitrogen and oxygen atoms in total. The van der Waals surface area contributed by atoms with Gasteiger partial charge < -0.3 is 14.3 Å². The lowest BCUT2D eigenvalue weighted by Crippen LogP contribution is -2.25. The van der Waals surface area contributed by atoms with Crippen LogP contribution in [0.3, 0.4) is 0 Å². The number of hydrogen-bond acceptors (Lipinski definition) is 4. The lowest BCUT2D eigenvalue weighted by Gasteiger charge is -2.06. The van der Waals surface area contributed by atoms with Gasteiger partial charge in [0.1, 0.15) is 6.26 Å². The molecular weight excluding hydrogens is 349 g/mol. The third-order valence-electron chi connectivity index (χ3n) is 3.63. The first kappa shape index (κ1) is 17.7. The first-order valence-corrected chi connectivity index (χ1v) is 7.80. The number of alkyl halides is 3. The third kappa shape index (κ3) is 4.29. The van der Waals surface area contributed by atoms with Crippen molar-refractivity contribution in [1.29, 1.82) is 0 Å². The SMILES string of the molecule is O=C(NCCCn1ccnc1)c1coc(-c2ccc(C(F)(F)F)cc2)n1. The molecule has 0 saturated heterocycles. The molecule has 2 aromatic heterocycles. The van der Waals surface area contributed by atoms with Crippen LogP contribution in [0.15, 0.2) is 53.7 Å². The molecule has 1 aromatic carbocycles. The van der Waals surface area contributed by atoms with Crippen LogP contribution >= 0.6 is 0 Å². The predicted octanol–water partition coefficient (Wildman–Crippen LogP) is 3.38. The van der Waals surface area contributed by atoms with E-state index in [2.05, 4.69) is 15.3 Å². The zero-order chi connectivity index (χ0) is 18.6. The van der Waals surface area contributed by atoms with E-state index in [0.717, 1.165) is 18.7 Å². The number of aromatic nitrogens is 3. The quantitative estimate of drug-likeness (QED) is 0.681. The van der Waals surface area contributed by atoms with Gasteiger partial charge in [-0.25, -0.2) is 9.97 Å². The minimum Gasteiger partial charge on any atom is -0.444 e. The van der Waals surface area contributed by atoms with Gasteiger partial charge in [-0.3, -0.25) is 4.79 Å². The Labute approximate surface area is 146 Å². The number of imidazole rings is 1. The molecule has 0 atom stereocenters. The smallest absolute Gasteiger partial charge is 0.416 e. The van der Waals surface area contributed by atoms with Crippen molar-refractivity contribution in [3.8, 4) is 11.5 Å². The van der Waals surface area contributed by atoms with Gasteiger partial charge in [-0.05, 0) is 30.7 Å². The van der Waals surface area contributed by atoms with Crippen LogP contribution in [-0.2, 0) is 12.7 Å². The average molecular weight is 364 g/mol. The summed E-state index contributed by atoms with van der Waals surface area (Å²) in [6, 6.07) is 4.38. The highest BCUT2D eigenvalue weighted by Gasteiger charge is 2.30. The van der Waals surface area contributed by atoms with Crippen molar-refractivity contribution < 1.29 is 22.4 Å². The summed E-state index contributed by atoms with van der Waals surface area (Å²) >= 11 is 0. The first-order valence-electron chi connectivity index (χ1n) is 7.80. The zero-order valence-corrected chi connectivity index (χ0v) is 13.5. The molecule has 0 unspecified atom stereocenters. The second kappa shape index (κ2) is 7.42. The molecule has 9 heteroatoms. The molecule has 0 fully saturated rings. The largest absolute Gasteiger partial charge is 0.444 e. The molecule has 3 rings (SSSR count). The number of oxazole rings is 1. The topological polar surface area (TPSA) is 73.0 Å². The number of benzene rings is 1. The Morgan fingerprint density at radius 3 is 2.65 bits per heavy atom. The van der Waals surface area contributed by atoms with Crippen molar-refractivity contribution in [1.82, 2.24) is 19.9 Å². The maximum Gasteiger partial charge on any atom is 0.416 e. The molecule has 0 bridgehead atoms. The Hall–Kier alpha value is -3.10. The molecule has 26 heavy (non-hydrogen) atoms. The second-order valence-corrected chi connectivity index (χ2v) is 5.52. The number of nitrogens with one attached hydrogen (secondary N) is 1.